The molecule has 0 aliphatic rings. The molecule has 0 saturated carbocycles. The van der Waals surface area contributed by atoms with E-state index in [0.29, 0.717) is 12.0 Å². The molecule has 128 valence electrons. The molecule has 0 bridgehead atoms. The molecule has 0 aliphatic heterocycles. The van der Waals surface area contributed by atoms with Crippen LogP contribution >= 0.6 is 15.9 Å². The number of nitrogens with one attached hydrogen (secondary N) is 1. The van der Waals surface area contributed by atoms with Gasteiger partial charge in [-0.25, -0.2) is 0 Å². The van der Waals surface area contributed by atoms with Crippen LogP contribution in [0.15, 0.2) is 71.6 Å². The highest BCUT2D eigenvalue weighted by Crippen LogP contribution is 2.16. The second-order valence-electron chi connectivity index (χ2n) is 5.76. The van der Waals surface area contributed by atoms with Crippen LogP contribution in [0.25, 0.3) is 5.65 Å². The van der Waals surface area contributed by atoms with Crippen LogP contribution in [-0.2, 0) is 6.42 Å². The minimum Gasteiger partial charge on any atom is -0.322 e. The molecular weight excluding hydrogens is 394 g/mol. The number of pyridine rings is 2. The molecule has 0 saturated heterocycles. The highest BCUT2D eigenvalue weighted by Gasteiger charge is 2.08. The number of rotatable bonds is 4. The van der Waals surface area contributed by atoms with E-state index in [2.05, 4.69) is 36.4 Å². The van der Waals surface area contributed by atoms with Crippen molar-refractivity contribution in [3.05, 3.63) is 88.5 Å². The normalized spacial score (nSPS) is 10.8. The maximum Gasteiger partial charge on any atom is 0.257 e. The van der Waals surface area contributed by atoms with Crippen molar-refractivity contribution in [1.29, 1.82) is 0 Å². The minimum atomic E-state index is -0.199. The summed E-state index contributed by atoms with van der Waals surface area (Å²) in [6, 6.07) is 15.2. The number of carbonyl (C=O) groups is 1. The molecule has 0 radical (unpaired) electrons. The molecule has 1 N–H and O–H groups in total. The molecule has 0 atom stereocenters. The first-order valence-corrected chi connectivity index (χ1v) is 8.78. The van der Waals surface area contributed by atoms with Crippen LogP contribution in [0.1, 0.15) is 21.7 Å². The summed E-state index contributed by atoms with van der Waals surface area (Å²) in [5, 5.41) is 11.3. The Morgan fingerprint density at radius 3 is 2.73 bits per heavy atom. The lowest BCUT2D eigenvalue weighted by atomic mass is 10.1. The van der Waals surface area contributed by atoms with E-state index in [1.54, 1.807) is 12.3 Å². The van der Waals surface area contributed by atoms with Crippen molar-refractivity contribution in [3.63, 3.8) is 0 Å². The van der Waals surface area contributed by atoms with E-state index in [9.17, 15) is 4.79 Å². The Kier molecular flexibility index (Phi) is 4.45. The Hall–Kier alpha value is -3.06. The molecule has 4 aromatic rings. The van der Waals surface area contributed by atoms with Crippen LogP contribution in [0, 0.1) is 0 Å². The first kappa shape index (κ1) is 16.4. The Labute approximate surface area is 158 Å². The zero-order valence-corrected chi connectivity index (χ0v) is 15.2. The smallest absolute Gasteiger partial charge is 0.257 e. The molecule has 0 unspecified atom stereocenters. The molecular formula is C19H14BrN5O. The van der Waals surface area contributed by atoms with Gasteiger partial charge in [0.15, 0.2) is 5.65 Å². The number of hydrogen-bond donors (Lipinski definition) is 1. The summed E-state index contributed by atoms with van der Waals surface area (Å²) in [5.74, 6) is 0.674. The van der Waals surface area contributed by atoms with Crippen LogP contribution in [0.4, 0.5) is 5.69 Å². The predicted molar refractivity (Wildman–Crippen MR) is 102 cm³/mol. The molecule has 7 heteroatoms. The number of aromatic nitrogens is 4. The fraction of sp³-hybridized carbons (Fsp3) is 0.0526. The van der Waals surface area contributed by atoms with Gasteiger partial charge in [0.25, 0.3) is 5.91 Å². The van der Waals surface area contributed by atoms with Gasteiger partial charge in [0, 0.05) is 35.2 Å². The second kappa shape index (κ2) is 7.05. The topological polar surface area (TPSA) is 72.2 Å². The summed E-state index contributed by atoms with van der Waals surface area (Å²) < 4.78 is 2.73. The number of carbonyl (C=O) groups excluding carboxylic acids is 1. The van der Waals surface area contributed by atoms with Crippen LogP contribution in [-0.4, -0.2) is 25.5 Å². The number of fused-ring (bicyclic) bond motifs is 1. The van der Waals surface area contributed by atoms with Crippen molar-refractivity contribution in [2.75, 3.05) is 5.32 Å². The van der Waals surface area contributed by atoms with Gasteiger partial charge < -0.3 is 5.32 Å². The zero-order valence-electron chi connectivity index (χ0n) is 13.6. The standard InChI is InChI=1S/C19H14BrN5O/c20-15-10-14(11-21-12-15)19(26)22-16-6-4-13(5-7-16)9-18-24-23-17-3-1-2-8-25(17)18/h1-8,10-12H,9H2,(H,22,26). The molecule has 26 heavy (non-hydrogen) atoms. The molecule has 0 fully saturated rings. The Morgan fingerprint density at radius 2 is 1.92 bits per heavy atom. The molecule has 6 nitrogen and oxygen atoms in total. The average Bonchev–Trinajstić information content (AvgIpc) is 3.06. The van der Waals surface area contributed by atoms with E-state index < -0.39 is 0 Å². The summed E-state index contributed by atoms with van der Waals surface area (Å²) in [6.45, 7) is 0. The van der Waals surface area contributed by atoms with Crippen molar-refractivity contribution in [2.24, 2.45) is 0 Å². The number of amides is 1. The lowest BCUT2D eigenvalue weighted by Crippen LogP contribution is -2.12. The van der Waals surface area contributed by atoms with Gasteiger partial charge in [0.1, 0.15) is 5.82 Å². The maximum absolute atomic E-state index is 12.3. The van der Waals surface area contributed by atoms with Crippen LogP contribution in [0.5, 0.6) is 0 Å². The lowest BCUT2D eigenvalue weighted by molar-refractivity contribution is 0.102. The Morgan fingerprint density at radius 1 is 1.08 bits per heavy atom. The van der Waals surface area contributed by atoms with Crippen molar-refractivity contribution in [1.82, 2.24) is 19.6 Å². The molecule has 0 spiro atoms. The molecule has 3 aromatic heterocycles. The number of benzene rings is 1. The van der Waals surface area contributed by atoms with Gasteiger partial charge in [-0.3, -0.25) is 14.2 Å². The lowest BCUT2D eigenvalue weighted by Gasteiger charge is -2.07. The van der Waals surface area contributed by atoms with Gasteiger partial charge in [-0.1, -0.05) is 18.2 Å². The molecule has 1 aromatic carbocycles. The van der Waals surface area contributed by atoms with Gasteiger partial charge in [-0.2, -0.15) is 0 Å². The monoisotopic (exact) mass is 407 g/mol. The zero-order chi connectivity index (χ0) is 17.9. The minimum absolute atomic E-state index is 0.199. The third-order valence-corrected chi connectivity index (χ3v) is 4.36. The largest absolute Gasteiger partial charge is 0.322 e. The summed E-state index contributed by atoms with van der Waals surface area (Å²) in [6.07, 6.45) is 5.78. The number of halogens is 1. The van der Waals surface area contributed by atoms with E-state index in [1.165, 1.54) is 6.20 Å². The first-order valence-electron chi connectivity index (χ1n) is 7.98. The SMILES string of the molecule is O=C(Nc1ccc(Cc2nnc3ccccn23)cc1)c1cncc(Br)c1. The summed E-state index contributed by atoms with van der Waals surface area (Å²) in [7, 11) is 0. The van der Waals surface area contributed by atoms with Crippen LogP contribution < -0.4 is 5.32 Å². The van der Waals surface area contributed by atoms with E-state index in [4.69, 9.17) is 0 Å². The van der Waals surface area contributed by atoms with Crippen molar-refractivity contribution in [2.45, 2.75) is 6.42 Å². The molecule has 1 amide bonds. The van der Waals surface area contributed by atoms with Gasteiger partial charge in [0.05, 0.1) is 5.56 Å². The first-order chi connectivity index (χ1) is 12.7. The van der Waals surface area contributed by atoms with Crippen molar-refractivity contribution >= 4 is 33.2 Å². The second-order valence-corrected chi connectivity index (χ2v) is 6.68. The predicted octanol–water partition coefficient (Wildman–Crippen LogP) is 3.73. The molecule has 0 aliphatic carbocycles. The van der Waals surface area contributed by atoms with E-state index >= 15 is 0 Å². The fourth-order valence-corrected chi connectivity index (χ4v) is 3.00. The van der Waals surface area contributed by atoms with Crippen LogP contribution in [0.3, 0.4) is 0 Å². The highest BCUT2D eigenvalue weighted by molar-refractivity contribution is 9.10. The molecule has 4 rings (SSSR count). The van der Waals surface area contributed by atoms with Crippen LogP contribution in [0.2, 0.25) is 0 Å². The van der Waals surface area contributed by atoms with Gasteiger partial charge in [-0.15, -0.1) is 10.2 Å². The molecule has 3 heterocycles. The maximum atomic E-state index is 12.3. The third-order valence-electron chi connectivity index (χ3n) is 3.93. The summed E-state index contributed by atoms with van der Waals surface area (Å²) >= 11 is 3.32. The van der Waals surface area contributed by atoms with E-state index in [0.717, 1.165) is 27.2 Å². The fourth-order valence-electron chi connectivity index (χ4n) is 2.64. The summed E-state index contributed by atoms with van der Waals surface area (Å²) in [4.78, 5) is 16.3. The summed E-state index contributed by atoms with van der Waals surface area (Å²) in [5.41, 5.74) is 3.14. The van der Waals surface area contributed by atoms with Crippen molar-refractivity contribution < 1.29 is 4.79 Å². The van der Waals surface area contributed by atoms with Gasteiger partial charge >= 0.3 is 0 Å². The Bertz CT molecular complexity index is 1070. The highest BCUT2D eigenvalue weighted by atomic mass is 79.9. The average molecular weight is 408 g/mol. The van der Waals surface area contributed by atoms with E-state index in [1.807, 2.05) is 53.1 Å². The third kappa shape index (κ3) is 3.48. The Balaban J connectivity index is 1.47. The number of hydrogen-bond acceptors (Lipinski definition) is 4. The van der Waals surface area contributed by atoms with Crippen molar-refractivity contribution in [3.8, 4) is 0 Å². The number of anilines is 1. The van der Waals surface area contributed by atoms with E-state index in [-0.39, 0.29) is 5.91 Å². The quantitative estimate of drug-likeness (QED) is 0.559. The van der Waals surface area contributed by atoms with Gasteiger partial charge in [0.2, 0.25) is 0 Å². The van der Waals surface area contributed by atoms with Gasteiger partial charge in [-0.05, 0) is 51.8 Å². The number of nitrogens with zero attached hydrogens (tertiary/aromatic N) is 4.